The largest absolute Gasteiger partial charge is 0.462 e. The van der Waals surface area contributed by atoms with Crippen molar-refractivity contribution in [3.63, 3.8) is 0 Å². The summed E-state index contributed by atoms with van der Waals surface area (Å²) < 4.78 is 17.0. The van der Waals surface area contributed by atoms with Crippen LogP contribution in [-0.2, 0) is 28.6 Å². The summed E-state index contributed by atoms with van der Waals surface area (Å²) in [5.74, 6) is -0.848. The van der Waals surface area contributed by atoms with Crippen LogP contribution in [0.5, 0.6) is 0 Å². The molecule has 0 saturated carbocycles. The van der Waals surface area contributed by atoms with Crippen LogP contribution in [-0.4, -0.2) is 37.2 Å². The standard InChI is InChI=1S/C70H132O6/c1-4-7-10-13-16-19-22-25-28-30-32-34-35-36-38-39-42-45-48-51-54-57-60-63-69(72)75-66-67(65-74-68(71)62-59-56-53-50-47-44-41-27-24-21-18-15-12-9-6-3)76-70(73)64-61-58-55-52-49-46-43-40-37-33-31-29-26-23-20-17-14-11-8-5-2/h27,30,32,41,67H,4-26,28-29,31,33-40,42-66H2,1-3H3/b32-30-,41-27-. The SMILES string of the molecule is CCCCCCCC/C=C\CCCCCCCC(=O)OCC(COC(=O)CCCCCCCCCCCCC/C=C\CCCCCCCCCC)OC(=O)CCCCCCCCCCCCCCCCCCCCCC. The topological polar surface area (TPSA) is 78.9 Å². The van der Waals surface area contributed by atoms with Gasteiger partial charge in [-0.05, 0) is 70.6 Å². The minimum absolute atomic E-state index is 0.0689. The smallest absolute Gasteiger partial charge is 0.306 e. The van der Waals surface area contributed by atoms with Crippen molar-refractivity contribution in [1.29, 1.82) is 0 Å². The zero-order chi connectivity index (χ0) is 55.0. The normalized spacial score (nSPS) is 12.1. The molecule has 0 amide bonds. The maximum Gasteiger partial charge on any atom is 0.306 e. The molecule has 0 bridgehead atoms. The molecular formula is C70H132O6. The zero-order valence-electron chi connectivity index (χ0n) is 51.6. The number of unbranched alkanes of at least 4 members (excludes halogenated alkanes) is 49. The van der Waals surface area contributed by atoms with E-state index in [-0.39, 0.29) is 31.1 Å². The average Bonchev–Trinajstić information content (AvgIpc) is 3.42. The van der Waals surface area contributed by atoms with Crippen LogP contribution in [0, 0.1) is 0 Å². The summed E-state index contributed by atoms with van der Waals surface area (Å²) in [5.41, 5.74) is 0. The maximum atomic E-state index is 12.9. The van der Waals surface area contributed by atoms with Crippen LogP contribution < -0.4 is 0 Å². The third-order valence-corrected chi connectivity index (χ3v) is 15.7. The summed E-state index contributed by atoms with van der Waals surface area (Å²) in [6.45, 7) is 6.71. The summed E-state index contributed by atoms with van der Waals surface area (Å²) in [4.78, 5) is 38.4. The van der Waals surface area contributed by atoms with Gasteiger partial charge in [0.2, 0.25) is 0 Å². The highest BCUT2D eigenvalue weighted by Crippen LogP contribution is 2.18. The molecular weight excluding hydrogens is 937 g/mol. The predicted octanol–water partition coefficient (Wildman–Crippen LogP) is 23.4. The van der Waals surface area contributed by atoms with Gasteiger partial charge in [0.25, 0.3) is 0 Å². The molecule has 0 aromatic carbocycles. The Morgan fingerprint density at radius 1 is 0.250 bits per heavy atom. The lowest BCUT2D eigenvalue weighted by atomic mass is 10.0. The summed E-state index contributed by atoms with van der Waals surface area (Å²) in [6.07, 6.45) is 79.1. The Balaban J connectivity index is 4.28. The first-order valence-electron chi connectivity index (χ1n) is 34.3. The fourth-order valence-electron chi connectivity index (χ4n) is 10.5. The van der Waals surface area contributed by atoms with E-state index in [0.29, 0.717) is 19.3 Å². The molecule has 0 aliphatic rings. The van der Waals surface area contributed by atoms with Crippen LogP contribution >= 0.6 is 0 Å². The maximum absolute atomic E-state index is 12.9. The molecule has 6 nitrogen and oxygen atoms in total. The Morgan fingerprint density at radius 2 is 0.434 bits per heavy atom. The Hall–Kier alpha value is -2.11. The van der Waals surface area contributed by atoms with E-state index in [1.54, 1.807) is 0 Å². The first-order valence-corrected chi connectivity index (χ1v) is 34.3. The van der Waals surface area contributed by atoms with Crippen LogP contribution in [0.3, 0.4) is 0 Å². The minimum Gasteiger partial charge on any atom is -0.462 e. The van der Waals surface area contributed by atoms with Gasteiger partial charge in [0.15, 0.2) is 6.10 Å². The highest BCUT2D eigenvalue weighted by molar-refractivity contribution is 5.71. The van der Waals surface area contributed by atoms with Crippen LogP contribution in [0.25, 0.3) is 0 Å². The molecule has 6 heteroatoms. The lowest BCUT2D eigenvalue weighted by molar-refractivity contribution is -0.167. The zero-order valence-corrected chi connectivity index (χ0v) is 51.6. The molecule has 0 aromatic rings. The molecule has 0 N–H and O–H groups in total. The number of esters is 3. The van der Waals surface area contributed by atoms with Crippen LogP contribution in [0.4, 0.5) is 0 Å². The van der Waals surface area contributed by atoms with E-state index in [4.69, 9.17) is 14.2 Å². The lowest BCUT2D eigenvalue weighted by Crippen LogP contribution is -2.30. The Kier molecular flexibility index (Phi) is 63.6. The van der Waals surface area contributed by atoms with E-state index in [1.807, 2.05) is 0 Å². The van der Waals surface area contributed by atoms with Crippen molar-refractivity contribution < 1.29 is 28.6 Å². The van der Waals surface area contributed by atoms with Gasteiger partial charge in [0.1, 0.15) is 13.2 Å². The highest BCUT2D eigenvalue weighted by Gasteiger charge is 2.19. The Morgan fingerprint density at radius 3 is 0.658 bits per heavy atom. The molecule has 448 valence electrons. The monoisotopic (exact) mass is 1070 g/mol. The van der Waals surface area contributed by atoms with Gasteiger partial charge < -0.3 is 14.2 Å². The summed E-state index contributed by atoms with van der Waals surface area (Å²) in [7, 11) is 0. The third-order valence-electron chi connectivity index (χ3n) is 15.7. The highest BCUT2D eigenvalue weighted by atomic mass is 16.6. The van der Waals surface area contributed by atoms with Crippen molar-refractivity contribution in [2.24, 2.45) is 0 Å². The number of rotatable bonds is 64. The molecule has 0 rings (SSSR count). The summed E-state index contributed by atoms with van der Waals surface area (Å²) >= 11 is 0. The van der Waals surface area contributed by atoms with E-state index in [2.05, 4.69) is 45.1 Å². The molecule has 0 aliphatic carbocycles. The van der Waals surface area contributed by atoms with Gasteiger partial charge in [-0.3, -0.25) is 14.4 Å². The summed E-state index contributed by atoms with van der Waals surface area (Å²) in [6, 6.07) is 0. The first-order chi connectivity index (χ1) is 37.5. The molecule has 0 heterocycles. The van der Waals surface area contributed by atoms with Crippen molar-refractivity contribution in [3.8, 4) is 0 Å². The van der Waals surface area contributed by atoms with E-state index < -0.39 is 6.10 Å². The molecule has 0 aromatic heterocycles. The van der Waals surface area contributed by atoms with Gasteiger partial charge in [-0.15, -0.1) is 0 Å². The van der Waals surface area contributed by atoms with Gasteiger partial charge in [-0.2, -0.15) is 0 Å². The van der Waals surface area contributed by atoms with Gasteiger partial charge in [0.05, 0.1) is 0 Å². The molecule has 0 radical (unpaired) electrons. The van der Waals surface area contributed by atoms with Gasteiger partial charge in [-0.1, -0.05) is 321 Å². The van der Waals surface area contributed by atoms with Crippen molar-refractivity contribution in [2.75, 3.05) is 13.2 Å². The molecule has 0 fully saturated rings. The second-order valence-corrected chi connectivity index (χ2v) is 23.4. The second-order valence-electron chi connectivity index (χ2n) is 23.4. The molecule has 0 aliphatic heterocycles. The van der Waals surface area contributed by atoms with E-state index in [1.165, 1.54) is 283 Å². The van der Waals surface area contributed by atoms with Crippen LogP contribution in [0.1, 0.15) is 387 Å². The first kappa shape index (κ1) is 73.9. The molecule has 0 saturated heterocycles. The minimum atomic E-state index is -0.772. The van der Waals surface area contributed by atoms with Crippen molar-refractivity contribution in [1.82, 2.24) is 0 Å². The predicted molar refractivity (Wildman–Crippen MR) is 330 cm³/mol. The van der Waals surface area contributed by atoms with Crippen molar-refractivity contribution in [2.45, 2.75) is 393 Å². The fourth-order valence-corrected chi connectivity index (χ4v) is 10.5. The number of hydrogen-bond acceptors (Lipinski definition) is 6. The number of ether oxygens (including phenoxy) is 3. The van der Waals surface area contributed by atoms with Gasteiger partial charge in [0, 0.05) is 19.3 Å². The average molecular weight is 1070 g/mol. The quantitative estimate of drug-likeness (QED) is 0.0261. The summed E-state index contributed by atoms with van der Waals surface area (Å²) in [5, 5.41) is 0. The fraction of sp³-hybridized carbons (Fsp3) is 0.900. The lowest BCUT2D eigenvalue weighted by Gasteiger charge is -2.18. The van der Waals surface area contributed by atoms with E-state index in [9.17, 15) is 14.4 Å². The second kappa shape index (κ2) is 65.4. The van der Waals surface area contributed by atoms with Gasteiger partial charge >= 0.3 is 17.9 Å². The van der Waals surface area contributed by atoms with E-state index >= 15 is 0 Å². The molecule has 0 spiro atoms. The van der Waals surface area contributed by atoms with E-state index in [0.717, 1.165) is 64.2 Å². The molecule has 1 unspecified atom stereocenters. The van der Waals surface area contributed by atoms with Crippen LogP contribution in [0.2, 0.25) is 0 Å². The van der Waals surface area contributed by atoms with Crippen molar-refractivity contribution in [3.05, 3.63) is 24.3 Å². The molecule has 76 heavy (non-hydrogen) atoms. The Bertz CT molecular complexity index is 1230. The van der Waals surface area contributed by atoms with Crippen LogP contribution in [0.15, 0.2) is 24.3 Å². The molecule has 1 atom stereocenters. The van der Waals surface area contributed by atoms with Gasteiger partial charge in [-0.25, -0.2) is 0 Å². The number of hydrogen-bond donors (Lipinski definition) is 0. The van der Waals surface area contributed by atoms with Crippen molar-refractivity contribution >= 4 is 17.9 Å². The number of carbonyl (C=O) groups is 3. The number of carbonyl (C=O) groups excluding carboxylic acids is 3. The third kappa shape index (κ3) is 62.7. The number of allylic oxidation sites excluding steroid dienone is 4. The Labute approximate surface area is 474 Å².